The summed E-state index contributed by atoms with van der Waals surface area (Å²) in [6.07, 6.45) is 1.80. The minimum absolute atomic E-state index is 0.0364. The van der Waals surface area contributed by atoms with Crippen molar-refractivity contribution >= 4 is 30.7 Å². The first-order valence-electron chi connectivity index (χ1n) is 14.6. The van der Waals surface area contributed by atoms with E-state index in [2.05, 4.69) is 92.8 Å². The number of nitrogens with one attached hydrogen (secondary N) is 1. The van der Waals surface area contributed by atoms with Gasteiger partial charge in [-0.15, -0.1) is 0 Å². The first kappa shape index (κ1) is 28.9. The highest BCUT2D eigenvalue weighted by atomic mass is 28.4. The number of fused-ring (bicyclic) bond motifs is 1. The Labute approximate surface area is 245 Å². The fourth-order valence-corrected chi connectivity index (χ4v) is 10.8. The van der Waals surface area contributed by atoms with Crippen molar-refractivity contribution in [1.82, 2.24) is 10.2 Å². The maximum absolute atomic E-state index is 13.4. The van der Waals surface area contributed by atoms with E-state index in [4.69, 9.17) is 9.16 Å². The summed E-state index contributed by atoms with van der Waals surface area (Å²) in [5, 5.41) is 5.08. The molecule has 41 heavy (non-hydrogen) atoms. The molecule has 6 nitrogen and oxygen atoms in total. The van der Waals surface area contributed by atoms with E-state index in [0.717, 1.165) is 24.2 Å². The Bertz CT molecular complexity index is 1360. The number of benzene rings is 3. The molecule has 2 amide bonds. The molecular weight excluding hydrogens is 528 g/mol. The van der Waals surface area contributed by atoms with Crippen LogP contribution in [-0.2, 0) is 16.0 Å². The highest BCUT2D eigenvalue weighted by Crippen LogP contribution is 2.42. The molecule has 0 bridgehead atoms. The van der Waals surface area contributed by atoms with Gasteiger partial charge in [0, 0.05) is 6.54 Å². The number of ether oxygens (including phenoxy) is 1. The van der Waals surface area contributed by atoms with Gasteiger partial charge in [0.25, 0.3) is 0 Å². The molecule has 0 unspecified atom stereocenters. The van der Waals surface area contributed by atoms with E-state index in [-0.39, 0.29) is 17.0 Å². The van der Waals surface area contributed by atoms with E-state index in [9.17, 15) is 9.59 Å². The average molecular weight is 571 g/mol. The van der Waals surface area contributed by atoms with Crippen molar-refractivity contribution < 1.29 is 18.8 Å². The van der Waals surface area contributed by atoms with Gasteiger partial charge in [0.05, 0.1) is 6.04 Å². The van der Waals surface area contributed by atoms with Gasteiger partial charge in [0.1, 0.15) is 17.4 Å². The Balaban J connectivity index is 1.45. The van der Waals surface area contributed by atoms with Crippen molar-refractivity contribution in [2.75, 3.05) is 6.54 Å². The van der Waals surface area contributed by atoms with Crippen LogP contribution in [0.15, 0.2) is 78.9 Å². The number of hydrogen-bond acceptors (Lipinski definition) is 4. The Hall–Kier alpha value is -3.58. The number of carbonyl (C=O) groups is 2. The van der Waals surface area contributed by atoms with Crippen LogP contribution < -0.4 is 20.1 Å². The molecule has 5 rings (SSSR count). The zero-order valence-corrected chi connectivity index (χ0v) is 26.1. The molecule has 1 aliphatic heterocycles. The molecule has 0 radical (unpaired) electrons. The van der Waals surface area contributed by atoms with E-state index in [1.807, 2.05) is 37.8 Å². The van der Waals surface area contributed by atoms with Gasteiger partial charge in [-0.25, -0.2) is 4.79 Å². The molecule has 2 aliphatic rings. The molecule has 1 heterocycles. The normalized spacial score (nSPS) is 19.2. The summed E-state index contributed by atoms with van der Waals surface area (Å²) in [5.41, 5.74) is 1.78. The molecule has 0 saturated carbocycles. The van der Waals surface area contributed by atoms with Crippen molar-refractivity contribution in [3.63, 3.8) is 0 Å². The van der Waals surface area contributed by atoms with Gasteiger partial charge in [0.2, 0.25) is 5.91 Å². The lowest BCUT2D eigenvalue weighted by molar-refractivity contribution is -0.131. The standard InChI is InChI=1S/C34H42N2O4Si/c1-33(2,3)39-32(38)35-29-21-22-36(31(29)37)30-20-18-24-17-19-25(23-28(24)30)40-41(34(4,5)6,26-13-9-7-10-14-26)27-15-11-8-12-16-27/h7-17,19,23,29-30H,18,20-22H2,1-6H3,(H,35,38)/t29-,30-/m0/s1. The van der Waals surface area contributed by atoms with Crippen LogP contribution in [0.3, 0.4) is 0 Å². The predicted octanol–water partition coefficient (Wildman–Crippen LogP) is 5.74. The first-order valence-corrected chi connectivity index (χ1v) is 16.5. The summed E-state index contributed by atoms with van der Waals surface area (Å²) < 4.78 is 12.7. The SMILES string of the molecule is CC(C)(C)OC(=O)N[C@H]1CCN([C@H]2CCc3ccc(O[Si](c4ccccc4)(c4ccccc4)C(C)(C)C)cc32)C1=O. The minimum atomic E-state index is -2.78. The molecular formula is C34H42N2O4Si. The maximum Gasteiger partial charge on any atom is 0.408 e. The van der Waals surface area contributed by atoms with Gasteiger partial charge in [0.15, 0.2) is 0 Å². The number of carbonyl (C=O) groups excluding carboxylic acids is 2. The molecule has 3 aromatic carbocycles. The first-order chi connectivity index (χ1) is 19.4. The van der Waals surface area contributed by atoms with E-state index in [1.165, 1.54) is 15.9 Å². The molecule has 1 aliphatic carbocycles. The van der Waals surface area contributed by atoms with Gasteiger partial charge in [-0.3, -0.25) is 4.79 Å². The number of nitrogens with zero attached hydrogens (tertiary/aromatic N) is 1. The van der Waals surface area contributed by atoms with Crippen molar-refractivity contribution in [1.29, 1.82) is 0 Å². The third-order valence-corrected chi connectivity index (χ3v) is 13.1. The quantitative estimate of drug-likeness (QED) is 0.384. The molecule has 0 spiro atoms. The fraction of sp³-hybridized carbons (Fsp3) is 0.412. The zero-order chi connectivity index (χ0) is 29.4. The van der Waals surface area contributed by atoms with Crippen LogP contribution in [0.1, 0.15) is 71.6 Å². The topological polar surface area (TPSA) is 67.9 Å². The Morgan fingerprint density at radius 1 is 0.878 bits per heavy atom. The summed E-state index contributed by atoms with van der Waals surface area (Å²) >= 11 is 0. The molecule has 3 aromatic rings. The molecule has 0 aromatic heterocycles. The number of aryl methyl sites for hydroxylation is 1. The second-order valence-electron chi connectivity index (χ2n) is 13.2. The van der Waals surface area contributed by atoms with Gasteiger partial charge in [-0.2, -0.15) is 0 Å². The summed E-state index contributed by atoms with van der Waals surface area (Å²) in [5.74, 6) is 0.784. The molecule has 216 valence electrons. The summed E-state index contributed by atoms with van der Waals surface area (Å²) in [4.78, 5) is 27.7. The number of likely N-dealkylation sites (tertiary alicyclic amines) is 1. The highest BCUT2D eigenvalue weighted by molar-refractivity contribution is 7.00. The van der Waals surface area contributed by atoms with E-state index < -0.39 is 26.1 Å². The molecule has 1 saturated heterocycles. The second kappa shape index (κ2) is 11.0. The van der Waals surface area contributed by atoms with Crippen LogP contribution in [0, 0.1) is 0 Å². The van der Waals surface area contributed by atoms with Crippen molar-refractivity contribution in [2.45, 2.75) is 83.5 Å². The number of hydrogen-bond donors (Lipinski definition) is 1. The monoisotopic (exact) mass is 570 g/mol. The van der Waals surface area contributed by atoms with Gasteiger partial charge < -0.3 is 19.4 Å². The Morgan fingerprint density at radius 2 is 1.49 bits per heavy atom. The Morgan fingerprint density at radius 3 is 2.05 bits per heavy atom. The number of rotatable bonds is 6. The Kier molecular flexibility index (Phi) is 7.77. The van der Waals surface area contributed by atoms with Gasteiger partial charge in [-0.1, -0.05) is 87.5 Å². The van der Waals surface area contributed by atoms with Crippen molar-refractivity contribution in [3.05, 3.63) is 90.0 Å². The average Bonchev–Trinajstić information content (AvgIpc) is 3.49. The van der Waals surface area contributed by atoms with E-state index in [0.29, 0.717) is 13.0 Å². The third kappa shape index (κ3) is 5.78. The zero-order valence-electron chi connectivity index (χ0n) is 25.1. The second-order valence-corrected chi connectivity index (χ2v) is 17.4. The smallest absolute Gasteiger partial charge is 0.408 e. The molecule has 7 heteroatoms. The van der Waals surface area contributed by atoms with E-state index in [1.54, 1.807) is 0 Å². The lowest BCUT2D eigenvalue weighted by atomic mass is 10.1. The van der Waals surface area contributed by atoms with Crippen molar-refractivity contribution in [2.24, 2.45) is 0 Å². The largest absolute Gasteiger partial charge is 0.534 e. The maximum atomic E-state index is 13.4. The lowest BCUT2D eigenvalue weighted by Gasteiger charge is -2.43. The van der Waals surface area contributed by atoms with Crippen LogP contribution in [-0.4, -0.2) is 43.4 Å². The predicted molar refractivity (Wildman–Crippen MR) is 165 cm³/mol. The van der Waals surface area contributed by atoms with Crippen LogP contribution in [0.2, 0.25) is 5.04 Å². The van der Waals surface area contributed by atoms with Crippen LogP contribution >= 0.6 is 0 Å². The van der Waals surface area contributed by atoms with Crippen LogP contribution in [0.5, 0.6) is 5.75 Å². The van der Waals surface area contributed by atoms with Crippen LogP contribution in [0.4, 0.5) is 4.79 Å². The molecule has 1 fully saturated rings. The molecule has 2 atom stereocenters. The fourth-order valence-electron chi connectivity index (χ4n) is 6.37. The van der Waals surface area contributed by atoms with Gasteiger partial charge >= 0.3 is 14.4 Å². The van der Waals surface area contributed by atoms with Gasteiger partial charge in [-0.05, 0) is 78.7 Å². The number of amides is 2. The number of alkyl carbamates (subject to hydrolysis) is 1. The summed E-state index contributed by atoms with van der Waals surface area (Å²) in [6.45, 7) is 12.9. The molecule has 1 N–H and O–H groups in total. The minimum Gasteiger partial charge on any atom is -0.534 e. The lowest BCUT2D eigenvalue weighted by Crippen LogP contribution is -2.68. The summed E-state index contributed by atoms with van der Waals surface area (Å²) in [6, 6.07) is 27.1. The summed E-state index contributed by atoms with van der Waals surface area (Å²) in [7, 11) is -2.78. The van der Waals surface area contributed by atoms with Crippen LogP contribution in [0.25, 0.3) is 0 Å². The van der Waals surface area contributed by atoms with E-state index >= 15 is 0 Å². The third-order valence-electron chi connectivity index (χ3n) is 8.16. The van der Waals surface area contributed by atoms with Crippen molar-refractivity contribution in [3.8, 4) is 5.75 Å². The highest BCUT2D eigenvalue weighted by Gasteiger charge is 2.52.